The zero-order chi connectivity index (χ0) is 9.97. The summed E-state index contributed by atoms with van der Waals surface area (Å²) in [4.78, 5) is 2.20. The summed E-state index contributed by atoms with van der Waals surface area (Å²) in [5.41, 5.74) is 7.85. The van der Waals surface area contributed by atoms with Gasteiger partial charge in [0.25, 0.3) is 0 Å². The van der Waals surface area contributed by atoms with Crippen LogP contribution >= 0.6 is 0 Å². The molecule has 1 aromatic rings. The Morgan fingerprint density at radius 1 is 1.36 bits per heavy atom. The second kappa shape index (κ2) is 3.98. The van der Waals surface area contributed by atoms with Crippen LogP contribution in [0.4, 0.5) is 5.69 Å². The lowest BCUT2D eigenvalue weighted by Crippen LogP contribution is -2.20. The first-order valence-electron chi connectivity index (χ1n) is 5.01. The molecule has 1 saturated heterocycles. The van der Waals surface area contributed by atoms with Crippen molar-refractivity contribution in [2.75, 3.05) is 18.0 Å². The summed E-state index contributed by atoms with van der Waals surface area (Å²) in [6.45, 7) is 2.29. The quantitative estimate of drug-likeness (QED) is 0.725. The summed E-state index contributed by atoms with van der Waals surface area (Å²) in [5, 5.41) is 9.40. The average Bonchev–Trinajstić information content (AvgIpc) is 2.65. The Morgan fingerprint density at radius 2 is 2.07 bits per heavy atom. The normalized spacial score (nSPS) is 21.6. The molecule has 0 radical (unpaired) electrons. The Morgan fingerprint density at radius 3 is 2.57 bits per heavy atom. The first-order valence-corrected chi connectivity index (χ1v) is 5.01. The summed E-state index contributed by atoms with van der Waals surface area (Å²) in [5.74, 6) is 0. The maximum atomic E-state index is 9.40. The van der Waals surface area contributed by atoms with Crippen molar-refractivity contribution in [3.63, 3.8) is 0 Å². The van der Waals surface area contributed by atoms with Gasteiger partial charge in [-0.15, -0.1) is 0 Å². The molecule has 0 aliphatic carbocycles. The van der Waals surface area contributed by atoms with E-state index in [0.717, 1.165) is 25.1 Å². The van der Waals surface area contributed by atoms with Gasteiger partial charge in [0.15, 0.2) is 0 Å². The highest BCUT2D eigenvalue weighted by molar-refractivity contribution is 5.48. The van der Waals surface area contributed by atoms with E-state index in [1.165, 1.54) is 5.69 Å². The molecule has 76 valence electrons. The van der Waals surface area contributed by atoms with E-state index in [0.29, 0.717) is 6.54 Å². The Balaban J connectivity index is 2.09. The Labute approximate surface area is 84.1 Å². The van der Waals surface area contributed by atoms with Crippen LogP contribution in [0.15, 0.2) is 24.3 Å². The van der Waals surface area contributed by atoms with Crippen LogP contribution in [0.5, 0.6) is 0 Å². The van der Waals surface area contributed by atoms with Crippen molar-refractivity contribution >= 4 is 5.69 Å². The van der Waals surface area contributed by atoms with E-state index in [1.54, 1.807) is 0 Å². The van der Waals surface area contributed by atoms with Gasteiger partial charge >= 0.3 is 0 Å². The van der Waals surface area contributed by atoms with Crippen LogP contribution in [0.25, 0.3) is 0 Å². The third kappa shape index (κ3) is 1.89. The molecule has 1 fully saturated rings. The number of β-amino-alcohol motifs (C(OH)–C–C–N with tert-alkyl or cyclic N) is 1. The number of nitrogens with two attached hydrogens (primary N) is 1. The van der Waals surface area contributed by atoms with E-state index in [4.69, 9.17) is 5.73 Å². The summed E-state index contributed by atoms with van der Waals surface area (Å²) >= 11 is 0. The third-order valence-corrected chi connectivity index (χ3v) is 2.70. The van der Waals surface area contributed by atoms with E-state index in [-0.39, 0.29) is 6.10 Å². The second-order valence-electron chi connectivity index (χ2n) is 3.76. The molecular weight excluding hydrogens is 176 g/mol. The van der Waals surface area contributed by atoms with Crippen molar-refractivity contribution < 1.29 is 5.11 Å². The Kier molecular flexibility index (Phi) is 2.70. The zero-order valence-corrected chi connectivity index (χ0v) is 8.19. The van der Waals surface area contributed by atoms with Gasteiger partial charge < -0.3 is 15.7 Å². The van der Waals surface area contributed by atoms with Crippen LogP contribution in [-0.4, -0.2) is 24.3 Å². The molecule has 1 aromatic carbocycles. The third-order valence-electron chi connectivity index (χ3n) is 2.70. The Hall–Kier alpha value is -1.06. The van der Waals surface area contributed by atoms with Gasteiger partial charge in [0.05, 0.1) is 6.10 Å². The maximum absolute atomic E-state index is 9.40. The number of rotatable bonds is 2. The molecule has 0 aromatic heterocycles. The highest BCUT2D eigenvalue weighted by atomic mass is 16.3. The lowest BCUT2D eigenvalue weighted by molar-refractivity contribution is 0.198. The lowest BCUT2D eigenvalue weighted by Gasteiger charge is -2.17. The highest BCUT2D eigenvalue weighted by Gasteiger charge is 2.19. The molecule has 3 heteroatoms. The van der Waals surface area contributed by atoms with Gasteiger partial charge in [0.2, 0.25) is 0 Å². The van der Waals surface area contributed by atoms with E-state index in [1.807, 2.05) is 12.1 Å². The van der Waals surface area contributed by atoms with Crippen LogP contribution in [-0.2, 0) is 6.54 Å². The minimum atomic E-state index is -0.163. The lowest BCUT2D eigenvalue weighted by atomic mass is 10.2. The molecular formula is C11H16N2O. The number of nitrogens with zero attached hydrogens (tertiary/aromatic N) is 1. The van der Waals surface area contributed by atoms with Gasteiger partial charge in [-0.05, 0) is 24.1 Å². The van der Waals surface area contributed by atoms with Crippen molar-refractivity contribution in [3.8, 4) is 0 Å². The van der Waals surface area contributed by atoms with E-state index in [9.17, 15) is 5.11 Å². The molecule has 1 unspecified atom stereocenters. The minimum absolute atomic E-state index is 0.163. The van der Waals surface area contributed by atoms with Gasteiger partial charge in [-0.1, -0.05) is 12.1 Å². The van der Waals surface area contributed by atoms with Gasteiger partial charge in [-0.2, -0.15) is 0 Å². The fraction of sp³-hybridized carbons (Fsp3) is 0.455. The summed E-state index contributed by atoms with van der Waals surface area (Å²) < 4.78 is 0. The smallest absolute Gasteiger partial charge is 0.0731 e. The summed E-state index contributed by atoms with van der Waals surface area (Å²) in [7, 11) is 0. The fourth-order valence-corrected chi connectivity index (χ4v) is 1.82. The number of aliphatic hydroxyl groups excluding tert-OH is 1. The number of hydrogen-bond donors (Lipinski definition) is 2. The van der Waals surface area contributed by atoms with E-state index >= 15 is 0 Å². The standard InChI is InChI=1S/C11H16N2O/c12-7-9-1-3-10(4-2-9)13-6-5-11(14)8-13/h1-4,11,14H,5-8,12H2. The number of aliphatic hydroxyl groups is 1. The van der Waals surface area contributed by atoms with Gasteiger partial charge in [-0.25, -0.2) is 0 Å². The first kappa shape index (κ1) is 9.49. The molecule has 1 aliphatic rings. The molecule has 0 spiro atoms. The number of hydrogen-bond acceptors (Lipinski definition) is 3. The maximum Gasteiger partial charge on any atom is 0.0731 e. The van der Waals surface area contributed by atoms with E-state index < -0.39 is 0 Å². The molecule has 3 nitrogen and oxygen atoms in total. The molecule has 1 atom stereocenters. The monoisotopic (exact) mass is 192 g/mol. The molecule has 1 aliphatic heterocycles. The molecule has 1 heterocycles. The average molecular weight is 192 g/mol. The molecule has 0 saturated carbocycles. The minimum Gasteiger partial charge on any atom is -0.391 e. The summed E-state index contributed by atoms with van der Waals surface area (Å²) in [6, 6.07) is 8.22. The molecule has 14 heavy (non-hydrogen) atoms. The van der Waals surface area contributed by atoms with Crippen LogP contribution < -0.4 is 10.6 Å². The van der Waals surface area contributed by atoms with Crippen molar-refractivity contribution in [1.29, 1.82) is 0 Å². The van der Waals surface area contributed by atoms with Gasteiger partial charge in [-0.3, -0.25) is 0 Å². The number of benzene rings is 1. The topological polar surface area (TPSA) is 49.5 Å². The van der Waals surface area contributed by atoms with E-state index in [2.05, 4.69) is 17.0 Å². The molecule has 2 rings (SSSR count). The van der Waals surface area contributed by atoms with Gasteiger partial charge in [0, 0.05) is 25.3 Å². The largest absolute Gasteiger partial charge is 0.391 e. The van der Waals surface area contributed by atoms with Crippen LogP contribution in [0.1, 0.15) is 12.0 Å². The highest BCUT2D eigenvalue weighted by Crippen LogP contribution is 2.20. The van der Waals surface area contributed by atoms with Gasteiger partial charge in [0.1, 0.15) is 0 Å². The SMILES string of the molecule is NCc1ccc(N2CCC(O)C2)cc1. The first-order chi connectivity index (χ1) is 6.79. The molecule has 3 N–H and O–H groups in total. The predicted molar refractivity (Wildman–Crippen MR) is 57.2 cm³/mol. The summed E-state index contributed by atoms with van der Waals surface area (Å²) in [6.07, 6.45) is 0.711. The predicted octanol–water partition coefficient (Wildman–Crippen LogP) is 0.716. The molecule has 0 bridgehead atoms. The Bertz CT molecular complexity index is 297. The second-order valence-corrected chi connectivity index (χ2v) is 3.76. The van der Waals surface area contributed by atoms with Crippen molar-refractivity contribution in [1.82, 2.24) is 0 Å². The van der Waals surface area contributed by atoms with Crippen molar-refractivity contribution in [3.05, 3.63) is 29.8 Å². The van der Waals surface area contributed by atoms with Crippen molar-refractivity contribution in [2.24, 2.45) is 5.73 Å². The van der Waals surface area contributed by atoms with Crippen LogP contribution in [0, 0.1) is 0 Å². The number of anilines is 1. The zero-order valence-electron chi connectivity index (χ0n) is 8.19. The van der Waals surface area contributed by atoms with Crippen LogP contribution in [0.2, 0.25) is 0 Å². The molecule has 0 amide bonds. The van der Waals surface area contributed by atoms with Crippen molar-refractivity contribution in [2.45, 2.75) is 19.1 Å². The fourth-order valence-electron chi connectivity index (χ4n) is 1.82. The van der Waals surface area contributed by atoms with Crippen LogP contribution in [0.3, 0.4) is 0 Å².